The second-order valence-corrected chi connectivity index (χ2v) is 13.5. The van der Waals surface area contributed by atoms with E-state index < -0.39 is 22.3 Å². The molecule has 0 fully saturated rings. The van der Waals surface area contributed by atoms with Crippen molar-refractivity contribution in [3.63, 3.8) is 0 Å². The smallest absolute Gasteiger partial charge is 0.550 e. The Kier molecular flexibility index (Phi) is 50.3. The number of carbonyl (C=O) groups is 2. The van der Waals surface area contributed by atoms with Gasteiger partial charge in [-0.2, -0.15) is 8.42 Å². The van der Waals surface area contributed by atoms with Gasteiger partial charge in [-0.3, -0.25) is 9.11 Å². The molecule has 0 aliphatic carbocycles. The van der Waals surface area contributed by atoms with E-state index >= 15 is 0 Å². The van der Waals surface area contributed by atoms with Crippen LogP contribution in [0.2, 0.25) is 0 Å². The Bertz CT molecular complexity index is 652. The Morgan fingerprint density at radius 1 is 0.391 bits per heavy atom. The molecule has 0 heterocycles. The fourth-order valence-corrected chi connectivity index (χ4v) is 5.28. The second kappa shape index (κ2) is 44.3. The number of carboxylic acid groups (broad SMARTS) is 2. The molecule has 0 atom stereocenters. The van der Waals surface area contributed by atoms with Gasteiger partial charge in [0, 0.05) is 11.9 Å². The van der Waals surface area contributed by atoms with Gasteiger partial charge in [-0.05, 0) is 25.7 Å². The minimum Gasteiger partial charge on any atom is -0.550 e. The monoisotopic (exact) mass is 727 g/mol. The van der Waals surface area contributed by atoms with Crippen LogP contribution in [0.5, 0.6) is 0 Å². The van der Waals surface area contributed by atoms with Gasteiger partial charge in [0.05, 0.1) is 0 Å². The Balaban J connectivity index is -0.000000327. The van der Waals surface area contributed by atoms with Gasteiger partial charge in [-0.15, -0.1) is 0 Å². The molecule has 0 saturated heterocycles. The maximum atomic E-state index is 10.2. The Morgan fingerprint density at radius 2 is 0.522 bits per heavy atom. The number of carboxylic acids is 2. The van der Waals surface area contributed by atoms with Crippen molar-refractivity contribution in [2.75, 3.05) is 0 Å². The quantitative estimate of drug-likeness (QED) is 0.0395. The van der Waals surface area contributed by atoms with Gasteiger partial charge in [0.1, 0.15) is 0 Å². The molecule has 0 aliphatic heterocycles. The number of hydrogen-bond acceptors (Lipinski definition) is 6. The molecule has 0 unspecified atom stereocenters. The number of unbranched alkanes of at least 4 members (excludes halogenated alkanes) is 28. The number of carbonyl (C=O) groups excluding carboxylic acids is 2. The Labute approximate surface area is 295 Å². The van der Waals surface area contributed by atoms with Gasteiger partial charge in [-0.1, -0.05) is 194 Å². The molecule has 0 amide bonds. The molecule has 0 aliphatic rings. The molecule has 8 nitrogen and oxygen atoms in total. The fraction of sp³-hybridized carbons (Fsp3) is 0.944. The van der Waals surface area contributed by atoms with Crippen molar-refractivity contribution in [1.82, 2.24) is 0 Å². The van der Waals surface area contributed by atoms with Crippen molar-refractivity contribution in [3.8, 4) is 0 Å². The molecule has 0 aromatic carbocycles. The van der Waals surface area contributed by atoms with E-state index in [1.807, 2.05) is 0 Å². The van der Waals surface area contributed by atoms with Gasteiger partial charge in [0.2, 0.25) is 0 Å². The number of hydrogen-bond donors (Lipinski definition) is 2. The van der Waals surface area contributed by atoms with Crippen LogP contribution in [0.25, 0.3) is 0 Å². The van der Waals surface area contributed by atoms with Gasteiger partial charge in [-0.25, -0.2) is 0 Å². The maximum absolute atomic E-state index is 10.2. The second-order valence-electron chi connectivity index (χ2n) is 12.6. The van der Waals surface area contributed by atoms with Gasteiger partial charge in [0.15, 0.2) is 0 Å². The van der Waals surface area contributed by atoms with Crippen molar-refractivity contribution in [3.05, 3.63) is 0 Å². The molecule has 0 aromatic rings. The molecule has 0 bridgehead atoms. The van der Waals surface area contributed by atoms with E-state index in [1.165, 1.54) is 167 Å². The van der Waals surface area contributed by atoms with Crippen LogP contribution in [0.3, 0.4) is 0 Å². The third-order valence-electron chi connectivity index (χ3n) is 7.97. The summed E-state index contributed by atoms with van der Waals surface area (Å²) in [5.41, 5.74) is 0. The number of aliphatic carboxylic acids is 2. The Morgan fingerprint density at radius 3 is 0.652 bits per heavy atom. The zero-order valence-corrected chi connectivity index (χ0v) is 31.4. The molecule has 46 heavy (non-hydrogen) atoms. The molecule has 0 saturated carbocycles. The first-order valence-corrected chi connectivity index (χ1v) is 20.0. The van der Waals surface area contributed by atoms with Crippen molar-refractivity contribution in [2.24, 2.45) is 0 Å². The first-order chi connectivity index (χ1) is 21.5. The predicted octanol–water partition coefficient (Wildman–Crippen LogP) is 9.34. The minimum absolute atomic E-state index is 0. The number of rotatable bonds is 32. The summed E-state index contributed by atoms with van der Waals surface area (Å²) in [5.74, 6) is -1.81. The van der Waals surface area contributed by atoms with Crippen LogP contribution in [0.15, 0.2) is 0 Å². The average molecular weight is 729 g/mol. The van der Waals surface area contributed by atoms with Crippen LogP contribution >= 0.6 is 0 Å². The molecular weight excluding hydrogens is 656 g/mol. The molecule has 281 valence electrons. The minimum atomic E-state index is -4.67. The van der Waals surface area contributed by atoms with Crippen LogP contribution in [0, 0.1) is 0 Å². The van der Waals surface area contributed by atoms with E-state index in [1.54, 1.807) is 0 Å². The van der Waals surface area contributed by atoms with Crippen molar-refractivity contribution in [2.45, 2.75) is 219 Å². The summed E-state index contributed by atoms with van der Waals surface area (Å²) >= 11 is 0. The van der Waals surface area contributed by atoms with Crippen LogP contribution in [-0.4, -0.2) is 29.5 Å². The molecule has 2 N–H and O–H groups in total. The average Bonchev–Trinajstić information content (AvgIpc) is 2.96. The molecular formula is C36H72CuO8S. The van der Waals surface area contributed by atoms with Gasteiger partial charge in [0.25, 0.3) is 0 Å². The maximum Gasteiger partial charge on any atom is 2.00 e. The fourth-order valence-electron chi connectivity index (χ4n) is 5.28. The van der Waals surface area contributed by atoms with Crippen molar-refractivity contribution in [1.29, 1.82) is 0 Å². The zero-order chi connectivity index (χ0) is 34.3. The third-order valence-corrected chi connectivity index (χ3v) is 7.97. The molecule has 0 spiro atoms. The first-order valence-electron chi connectivity index (χ1n) is 18.6. The molecule has 0 rings (SSSR count). The zero-order valence-electron chi connectivity index (χ0n) is 29.7. The normalized spacial score (nSPS) is 10.7. The van der Waals surface area contributed by atoms with Crippen molar-refractivity contribution < 1.29 is 54.4 Å². The molecule has 0 aromatic heterocycles. The van der Waals surface area contributed by atoms with E-state index in [4.69, 9.17) is 17.5 Å². The predicted molar refractivity (Wildman–Crippen MR) is 183 cm³/mol. The summed E-state index contributed by atoms with van der Waals surface area (Å²) in [5, 5.41) is 20.4. The SMILES string of the molecule is CCCCCCCCCCCCCCCCCC(=O)[O-].CCCCCCCCCCCCCCCCCC(=O)[O-].O=S(=O)(O)O.[Cu+2]. The summed E-state index contributed by atoms with van der Waals surface area (Å²) in [4.78, 5) is 20.4. The van der Waals surface area contributed by atoms with E-state index in [0.717, 1.165) is 25.7 Å². The standard InChI is InChI=1S/2C18H36O2.Cu.H2O4S/c2*1-2-3-4-5-6-7-8-9-10-11-12-13-14-15-16-17-18(19)20;;1-5(2,3)4/h2*2-17H2,1H3,(H,19,20);;(H2,1,2,3,4)/q;;+2;/p-2. The van der Waals surface area contributed by atoms with Gasteiger partial charge >= 0.3 is 27.5 Å². The van der Waals surface area contributed by atoms with E-state index in [9.17, 15) is 19.8 Å². The van der Waals surface area contributed by atoms with E-state index in [0.29, 0.717) is 0 Å². The summed E-state index contributed by atoms with van der Waals surface area (Å²) in [7, 11) is -4.67. The first kappa shape index (κ1) is 52.1. The third kappa shape index (κ3) is 69.9. The molecule has 1 radical (unpaired) electrons. The van der Waals surface area contributed by atoms with E-state index in [-0.39, 0.29) is 29.9 Å². The van der Waals surface area contributed by atoms with Crippen LogP contribution < -0.4 is 10.2 Å². The van der Waals surface area contributed by atoms with Crippen LogP contribution in [0.1, 0.15) is 219 Å². The topological polar surface area (TPSA) is 155 Å². The summed E-state index contributed by atoms with van der Waals surface area (Å²) in [6, 6.07) is 0. The summed E-state index contributed by atoms with van der Waals surface area (Å²) < 4.78 is 31.6. The Hall–Kier alpha value is -0.671. The van der Waals surface area contributed by atoms with Gasteiger partial charge < -0.3 is 19.8 Å². The van der Waals surface area contributed by atoms with E-state index in [2.05, 4.69) is 13.8 Å². The summed E-state index contributed by atoms with van der Waals surface area (Å²) in [6.07, 6.45) is 39.7. The van der Waals surface area contributed by atoms with Crippen LogP contribution in [0.4, 0.5) is 0 Å². The van der Waals surface area contributed by atoms with Crippen molar-refractivity contribution >= 4 is 22.3 Å². The largest absolute Gasteiger partial charge is 2.00 e. The van der Waals surface area contributed by atoms with Crippen LogP contribution in [-0.2, 0) is 37.1 Å². The summed E-state index contributed by atoms with van der Waals surface area (Å²) in [6.45, 7) is 4.53. The molecule has 10 heteroatoms.